The standard InChI is InChI=1S/C48H40N4/c1-3-16-37(17-4-1)51-44-23-9-7-21-42(44)49-47(51)36-27-25-33(26-28-36)13-11-14-34-29-31-40-41(32-30-35-15-12-20-39(34)46(35)40)48-50-43-22-8-10-24-45(43)52(48)38-18-5-2-6-19-38/h1-13,15-19,21-25,27-29,31-35,39H,14,20,26,30H2/b13-11+. The molecule has 4 nitrogen and oxygen atoms in total. The van der Waals surface area contributed by atoms with Crippen LogP contribution in [0.2, 0.25) is 0 Å². The third-order valence-electron chi connectivity index (χ3n) is 11.3. The van der Waals surface area contributed by atoms with E-state index in [4.69, 9.17) is 9.97 Å². The number of imidazole rings is 2. The molecule has 4 unspecified atom stereocenters. The van der Waals surface area contributed by atoms with Gasteiger partial charge in [0.1, 0.15) is 11.6 Å². The summed E-state index contributed by atoms with van der Waals surface area (Å²) in [5.41, 5.74) is 12.1. The van der Waals surface area contributed by atoms with Gasteiger partial charge in [0, 0.05) is 28.4 Å². The molecule has 0 amide bonds. The molecule has 4 heteroatoms. The summed E-state index contributed by atoms with van der Waals surface area (Å²) >= 11 is 0. The lowest BCUT2D eigenvalue weighted by atomic mass is 9.65. The number of benzene rings is 4. The highest BCUT2D eigenvalue weighted by molar-refractivity contribution is 5.89. The zero-order chi connectivity index (χ0) is 34.4. The van der Waals surface area contributed by atoms with Crippen molar-refractivity contribution in [1.82, 2.24) is 19.1 Å². The fourth-order valence-electron chi connectivity index (χ4n) is 8.87. The molecule has 0 aliphatic heterocycles. The van der Waals surface area contributed by atoms with E-state index in [0.717, 1.165) is 70.8 Å². The molecule has 4 atom stereocenters. The van der Waals surface area contributed by atoms with Crippen LogP contribution in [0, 0.1) is 23.7 Å². The molecule has 0 spiro atoms. The van der Waals surface area contributed by atoms with Crippen LogP contribution in [0.15, 0.2) is 181 Å². The Hall–Kier alpha value is -6.00. The fraction of sp³-hybridized carbons (Fsp3) is 0.167. The van der Waals surface area contributed by atoms with Crippen LogP contribution >= 0.6 is 0 Å². The lowest BCUT2D eigenvalue weighted by molar-refractivity contribution is 0.405. The molecule has 4 aromatic carbocycles. The number of hydrogen-bond acceptors (Lipinski definition) is 2. The van der Waals surface area contributed by atoms with E-state index in [2.05, 4.69) is 179 Å². The maximum Gasteiger partial charge on any atom is 0.146 e. The highest BCUT2D eigenvalue weighted by Gasteiger charge is 2.37. The quantitative estimate of drug-likeness (QED) is 0.158. The molecule has 4 aliphatic rings. The van der Waals surface area contributed by atoms with Crippen molar-refractivity contribution in [2.45, 2.75) is 25.7 Å². The Kier molecular flexibility index (Phi) is 7.67. The van der Waals surface area contributed by atoms with Gasteiger partial charge in [0.15, 0.2) is 0 Å². The van der Waals surface area contributed by atoms with Gasteiger partial charge in [-0.15, -0.1) is 0 Å². The van der Waals surface area contributed by atoms with E-state index in [-0.39, 0.29) is 0 Å². The molecule has 2 heterocycles. The fourth-order valence-corrected chi connectivity index (χ4v) is 8.87. The minimum absolute atomic E-state index is 0.384. The van der Waals surface area contributed by atoms with Gasteiger partial charge in [-0.25, -0.2) is 9.97 Å². The Morgan fingerprint density at radius 3 is 1.96 bits per heavy atom. The molecular weight excluding hydrogens is 633 g/mol. The Bertz CT molecular complexity index is 2530. The van der Waals surface area contributed by atoms with Gasteiger partial charge in [0.05, 0.1) is 22.1 Å². The Labute approximate surface area is 304 Å². The first kappa shape index (κ1) is 30.8. The molecule has 0 saturated heterocycles. The van der Waals surface area contributed by atoms with Crippen molar-refractivity contribution in [1.29, 1.82) is 0 Å². The maximum atomic E-state index is 5.25. The molecule has 252 valence electrons. The van der Waals surface area contributed by atoms with E-state index in [0.29, 0.717) is 23.7 Å². The van der Waals surface area contributed by atoms with Crippen LogP contribution in [0.4, 0.5) is 0 Å². The van der Waals surface area contributed by atoms with Crippen molar-refractivity contribution in [2.75, 3.05) is 0 Å². The minimum Gasteiger partial charge on any atom is -0.292 e. The number of aromatic nitrogens is 4. The highest BCUT2D eigenvalue weighted by atomic mass is 15.1. The third-order valence-corrected chi connectivity index (χ3v) is 11.3. The first-order valence-corrected chi connectivity index (χ1v) is 18.7. The Morgan fingerprint density at radius 2 is 1.27 bits per heavy atom. The van der Waals surface area contributed by atoms with E-state index < -0.39 is 0 Å². The first-order valence-electron chi connectivity index (χ1n) is 18.7. The SMILES string of the molecule is C1=CC2CC=C(c3nc4ccccc4n3-c3ccccc3)C3=C2C(C1)C(C/C=C/C1C=CC(c2nc4ccccc4n2-c2ccccc2)=CC1)C=C3. The van der Waals surface area contributed by atoms with Gasteiger partial charge in [-0.1, -0.05) is 127 Å². The van der Waals surface area contributed by atoms with Gasteiger partial charge in [-0.05, 0) is 97.5 Å². The molecule has 52 heavy (non-hydrogen) atoms. The first-order chi connectivity index (χ1) is 25.8. The zero-order valence-corrected chi connectivity index (χ0v) is 29.1. The third kappa shape index (κ3) is 5.29. The smallest absolute Gasteiger partial charge is 0.146 e. The second-order valence-corrected chi connectivity index (χ2v) is 14.4. The van der Waals surface area contributed by atoms with E-state index in [1.54, 1.807) is 5.57 Å². The van der Waals surface area contributed by atoms with E-state index in [1.807, 2.05) is 0 Å². The molecule has 0 saturated carbocycles. The molecule has 2 aromatic heterocycles. The molecule has 4 aliphatic carbocycles. The van der Waals surface area contributed by atoms with Crippen molar-refractivity contribution in [3.05, 3.63) is 193 Å². The van der Waals surface area contributed by atoms with Crippen LogP contribution in [-0.4, -0.2) is 19.1 Å². The number of rotatable bonds is 7. The predicted octanol–water partition coefficient (Wildman–Crippen LogP) is 11.4. The summed E-state index contributed by atoms with van der Waals surface area (Å²) in [5.74, 6) is 3.89. The second-order valence-electron chi connectivity index (χ2n) is 14.4. The lowest BCUT2D eigenvalue weighted by Crippen LogP contribution is -2.28. The molecule has 6 aromatic rings. The van der Waals surface area contributed by atoms with Crippen molar-refractivity contribution < 1.29 is 0 Å². The molecular formula is C48H40N4. The van der Waals surface area contributed by atoms with Crippen LogP contribution in [0.5, 0.6) is 0 Å². The van der Waals surface area contributed by atoms with E-state index >= 15 is 0 Å². The summed E-state index contributed by atoms with van der Waals surface area (Å²) in [6, 6.07) is 38.2. The van der Waals surface area contributed by atoms with Crippen LogP contribution in [0.1, 0.15) is 37.3 Å². The molecule has 10 rings (SSSR count). The largest absolute Gasteiger partial charge is 0.292 e. The average Bonchev–Trinajstić information content (AvgIpc) is 3.79. The highest BCUT2D eigenvalue weighted by Crippen LogP contribution is 2.49. The van der Waals surface area contributed by atoms with Gasteiger partial charge < -0.3 is 0 Å². The lowest BCUT2D eigenvalue weighted by Gasteiger charge is -2.39. The number of nitrogens with zero attached hydrogens (tertiary/aromatic N) is 4. The molecule has 0 N–H and O–H groups in total. The van der Waals surface area contributed by atoms with Crippen molar-refractivity contribution in [3.8, 4) is 11.4 Å². The summed E-state index contributed by atoms with van der Waals surface area (Å²) in [6.45, 7) is 0. The van der Waals surface area contributed by atoms with Gasteiger partial charge in [0.2, 0.25) is 0 Å². The van der Waals surface area contributed by atoms with Gasteiger partial charge in [0.25, 0.3) is 0 Å². The molecule has 0 fully saturated rings. The van der Waals surface area contributed by atoms with Crippen LogP contribution < -0.4 is 0 Å². The van der Waals surface area contributed by atoms with E-state index in [9.17, 15) is 0 Å². The van der Waals surface area contributed by atoms with Gasteiger partial charge in [-0.2, -0.15) is 0 Å². The van der Waals surface area contributed by atoms with Crippen molar-refractivity contribution >= 4 is 33.2 Å². The van der Waals surface area contributed by atoms with Crippen LogP contribution in [0.25, 0.3) is 44.6 Å². The summed E-state index contributed by atoms with van der Waals surface area (Å²) < 4.78 is 4.63. The Morgan fingerprint density at radius 1 is 0.615 bits per heavy atom. The Balaban J connectivity index is 0.892. The maximum absolute atomic E-state index is 5.25. The van der Waals surface area contributed by atoms with Gasteiger partial charge >= 0.3 is 0 Å². The number of para-hydroxylation sites is 6. The summed E-state index contributed by atoms with van der Waals surface area (Å²) in [4.78, 5) is 10.3. The summed E-state index contributed by atoms with van der Waals surface area (Å²) in [5, 5.41) is 0. The van der Waals surface area contributed by atoms with Crippen molar-refractivity contribution in [2.24, 2.45) is 23.7 Å². The summed E-state index contributed by atoms with van der Waals surface area (Å²) in [6.07, 6.45) is 28.2. The monoisotopic (exact) mass is 672 g/mol. The van der Waals surface area contributed by atoms with Crippen molar-refractivity contribution in [3.63, 3.8) is 0 Å². The number of fused-ring (bicyclic) bond motifs is 2. The van der Waals surface area contributed by atoms with E-state index in [1.165, 1.54) is 16.7 Å². The normalized spacial score (nSPS) is 22.3. The molecule has 0 radical (unpaired) electrons. The van der Waals surface area contributed by atoms with Crippen LogP contribution in [-0.2, 0) is 0 Å². The molecule has 0 bridgehead atoms. The topological polar surface area (TPSA) is 35.6 Å². The minimum atomic E-state index is 0.384. The second kappa shape index (κ2) is 13.0. The van der Waals surface area contributed by atoms with Gasteiger partial charge in [-0.3, -0.25) is 9.13 Å². The predicted molar refractivity (Wildman–Crippen MR) is 214 cm³/mol. The van der Waals surface area contributed by atoms with Crippen LogP contribution in [0.3, 0.4) is 0 Å². The summed E-state index contributed by atoms with van der Waals surface area (Å²) in [7, 11) is 0. The average molecular weight is 673 g/mol. The zero-order valence-electron chi connectivity index (χ0n) is 29.1. The number of allylic oxidation sites excluding steroid dienone is 14. The number of hydrogen-bond donors (Lipinski definition) is 0.